The first-order valence-corrected chi connectivity index (χ1v) is 6.61. The van der Waals surface area contributed by atoms with Gasteiger partial charge in [0, 0.05) is 5.54 Å². The Morgan fingerprint density at radius 2 is 1.53 bits per heavy atom. The normalized spacial score (nSPS) is 47.4. The van der Waals surface area contributed by atoms with Crippen LogP contribution in [0.15, 0.2) is 0 Å². The lowest BCUT2D eigenvalue weighted by Gasteiger charge is -2.57. The highest BCUT2D eigenvalue weighted by atomic mass is 19.1. The van der Waals surface area contributed by atoms with Crippen molar-refractivity contribution in [2.24, 2.45) is 17.8 Å². The van der Waals surface area contributed by atoms with Gasteiger partial charge in [0.25, 0.3) is 0 Å². The summed E-state index contributed by atoms with van der Waals surface area (Å²) in [4.78, 5) is 0. The fraction of sp³-hybridized carbons (Fsp3) is 1.00. The molecular formula is C13H22FN. The third kappa shape index (κ3) is 1.82. The highest BCUT2D eigenvalue weighted by Crippen LogP contribution is 2.55. The van der Waals surface area contributed by atoms with Gasteiger partial charge >= 0.3 is 0 Å². The van der Waals surface area contributed by atoms with Crippen LogP contribution in [0.4, 0.5) is 4.39 Å². The summed E-state index contributed by atoms with van der Waals surface area (Å²) in [5, 5.41) is 3.69. The van der Waals surface area contributed by atoms with Crippen LogP contribution in [0.25, 0.3) is 0 Å². The monoisotopic (exact) mass is 211 g/mol. The van der Waals surface area contributed by atoms with Gasteiger partial charge in [0.1, 0.15) is 0 Å². The molecular weight excluding hydrogens is 189 g/mol. The van der Waals surface area contributed by atoms with Crippen molar-refractivity contribution in [1.82, 2.24) is 5.32 Å². The molecule has 15 heavy (non-hydrogen) atoms. The van der Waals surface area contributed by atoms with Crippen LogP contribution in [-0.4, -0.2) is 18.8 Å². The highest BCUT2D eigenvalue weighted by molar-refractivity contribution is 5.06. The largest absolute Gasteiger partial charge is 0.311 e. The molecule has 0 aromatic carbocycles. The molecule has 4 aliphatic carbocycles. The predicted molar refractivity (Wildman–Crippen MR) is 59.5 cm³/mol. The minimum Gasteiger partial charge on any atom is -0.311 e. The molecule has 86 valence electrons. The molecule has 0 spiro atoms. The standard InChI is InChI=1S/C13H22FN/c14-2-1-3-15-13-7-10-4-11(8-13)6-12(5-10)9-13/h10-12,15H,1-9H2. The van der Waals surface area contributed by atoms with Gasteiger partial charge in [-0.1, -0.05) is 0 Å². The smallest absolute Gasteiger partial charge is 0.0906 e. The predicted octanol–water partition coefficient (Wildman–Crippen LogP) is 2.90. The zero-order valence-corrected chi connectivity index (χ0v) is 9.47. The van der Waals surface area contributed by atoms with Crippen molar-refractivity contribution in [3.63, 3.8) is 0 Å². The first-order valence-electron chi connectivity index (χ1n) is 6.61. The van der Waals surface area contributed by atoms with Gasteiger partial charge in [-0.25, -0.2) is 0 Å². The van der Waals surface area contributed by atoms with Crippen LogP contribution in [0.5, 0.6) is 0 Å². The molecule has 1 nitrogen and oxygen atoms in total. The zero-order valence-electron chi connectivity index (χ0n) is 9.47. The number of halogens is 1. The molecule has 0 radical (unpaired) electrons. The fourth-order valence-corrected chi connectivity index (χ4v) is 4.75. The molecule has 2 heteroatoms. The Labute approximate surface area is 91.8 Å². The molecule has 4 fully saturated rings. The van der Waals surface area contributed by atoms with Gasteiger partial charge in [0.05, 0.1) is 6.67 Å². The van der Waals surface area contributed by atoms with E-state index in [0.717, 1.165) is 24.3 Å². The molecule has 0 amide bonds. The van der Waals surface area contributed by atoms with E-state index in [1.54, 1.807) is 0 Å². The molecule has 4 rings (SSSR count). The Kier molecular flexibility index (Phi) is 2.50. The molecule has 0 aliphatic heterocycles. The number of hydrogen-bond acceptors (Lipinski definition) is 1. The van der Waals surface area contributed by atoms with E-state index in [-0.39, 0.29) is 6.67 Å². The summed E-state index contributed by atoms with van der Waals surface area (Å²) in [6, 6.07) is 0. The first-order chi connectivity index (χ1) is 7.30. The van der Waals surface area contributed by atoms with Crippen molar-refractivity contribution in [3.05, 3.63) is 0 Å². The second-order valence-corrected chi connectivity index (χ2v) is 6.17. The molecule has 1 N–H and O–H groups in total. The summed E-state index contributed by atoms with van der Waals surface area (Å²) in [5.41, 5.74) is 0.434. The molecule has 4 saturated carbocycles. The van der Waals surface area contributed by atoms with E-state index in [9.17, 15) is 4.39 Å². The molecule has 0 saturated heterocycles. The van der Waals surface area contributed by atoms with E-state index in [4.69, 9.17) is 0 Å². The number of alkyl halides is 1. The minimum atomic E-state index is -0.167. The van der Waals surface area contributed by atoms with Gasteiger partial charge in [-0.3, -0.25) is 4.39 Å². The van der Waals surface area contributed by atoms with E-state index >= 15 is 0 Å². The van der Waals surface area contributed by atoms with E-state index in [2.05, 4.69) is 5.32 Å². The maximum absolute atomic E-state index is 12.1. The zero-order chi connectivity index (χ0) is 10.3. The Morgan fingerprint density at radius 1 is 1.00 bits per heavy atom. The molecule has 4 bridgehead atoms. The van der Waals surface area contributed by atoms with Crippen molar-refractivity contribution in [3.8, 4) is 0 Å². The number of rotatable bonds is 4. The van der Waals surface area contributed by atoms with Gasteiger partial charge in [-0.15, -0.1) is 0 Å². The summed E-state index contributed by atoms with van der Waals surface area (Å²) in [6.45, 7) is 0.724. The number of hydrogen-bond donors (Lipinski definition) is 1. The van der Waals surface area contributed by atoms with Crippen molar-refractivity contribution >= 4 is 0 Å². The van der Waals surface area contributed by atoms with Gasteiger partial charge in [0.15, 0.2) is 0 Å². The maximum atomic E-state index is 12.1. The fourth-order valence-electron chi connectivity index (χ4n) is 4.75. The Hall–Kier alpha value is -0.110. The van der Waals surface area contributed by atoms with Gasteiger partial charge in [-0.2, -0.15) is 0 Å². The van der Waals surface area contributed by atoms with Crippen LogP contribution >= 0.6 is 0 Å². The van der Waals surface area contributed by atoms with E-state index in [0.29, 0.717) is 12.0 Å². The molecule has 0 aromatic rings. The SMILES string of the molecule is FCCCNC12CC3CC(CC(C3)C1)C2. The van der Waals surface area contributed by atoms with Crippen LogP contribution in [0.2, 0.25) is 0 Å². The summed E-state index contributed by atoms with van der Waals surface area (Å²) >= 11 is 0. The highest BCUT2D eigenvalue weighted by Gasteiger charge is 2.50. The second-order valence-electron chi connectivity index (χ2n) is 6.17. The van der Waals surface area contributed by atoms with Gasteiger partial charge in [0.2, 0.25) is 0 Å². The van der Waals surface area contributed by atoms with Crippen LogP contribution in [0, 0.1) is 17.8 Å². The van der Waals surface area contributed by atoms with Crippen LogP contribution < -0.4 is 5.32 Å². The number of nitrogens with one attached hydrogen (secondary N) is 1. The molecule has 0 atom stereocenters. The Balaban J connectivity index is 1.65. The van der Waals surface area contributed by atoms with E-state index in [1.165, 1.54) is 38.5 Å². The van der Waals surface area contributed by atoms with Crippen LogP contribution in [-0.2, 0) is 0 Å². The van der Waals surface area contributed by atoms with Gasteiger partial charge in [-0.05, 0) is 69.2 Å². The quantitative estimate of drug-likeness (QED) is 0.705. The minimum absolute atomic E-state index is 0.167. The lowest BCUT2D eigenvalue weighted by atomic mass is 9.53. The molecule has 0 aromatic heterocycles. The summed E-state index contributed by atoms with van der Waals surface area (Å²) in [5.74, 6) is 2.98. The third-order valence-corrected chi connectivity index (χ3v) is 4.85. The Bertz CT molecular complexity index is 203. The van der Waals surface area contributed by atoms with E-state index in [1.807, 2.05) is 0 Å². The topological polar surface area (TPSA) is 12.0 Å². The molecule has 0 unspecified atom stereocenters. The molecule has 4 aliphatic rings. The maximum Gasteiger partial charge on any atom is 0.0906 e. The average molecular weight is 211 g/mol. The summed E-state index contributed by atoms with van der Waals surface area (Å²) in [6.07, 6.45) is 9.31. The summed E-state index contributed by atoms with van der Waals surface area (Å²) in [7, 11) is 0. The van der Waals surface area contributed by atoms with Crippen molar-refractivity contribution in [2.75, 3.05) is 13.2 Å². The van der Waals surface area contributed by atoms with Crippen LogP contribution in [0.3, 0.4) is 0 Å². The second kappa shape index (κ2) is 3.73. The Morgan fingerprint density at radius 3 is 2.00 bits per heavy atom. The molecule has 0 heterocycles. The van der Waals surface area contributed by atoms with Crippen molar-refractivity contribution in [1.29, 1.82) is 0 Å². The summed E-state index contributed by atoms with van der Waals surface area (Å²) < 4.78 is 12.1. The van der Waals surface area contributed by atoms with Crippen LogP contribution in [0.1, 0.15) is 44.9 Å². The lowest BCUT2D eigenvalue weighted by Crippen LogP contribution is -2.58. The van der Waals surface area contributed by atoms with Crippen molar-refractivity contribution < 1.29 is 4.39 Å². The van der Waals surface area contributed by atoms with E-state index < -0.39 is 0 Å². The van der Waals surface area contributed by atoms with Crippen molar-refractivity contribution in [2.45, 2.75) is 50.5 Å². The lowest BCUT2D eigenvalue weighted by molar-refractivity contribution is -0.0196. The van der Waals surface area contributed by atoms with Gasteiger partial charge < -0.3 is 5.32 Å². The first kappa shape index (κ1) is 10.1. The third-order valence-electron chi connectivity index (χ3n) is 4.85. The average Bonchev–Trinajstić information content (AvgIpc) is 2.15.